The van der Waals surface area contributed by atoms with Crippen LogP contribution in [0.15, 0.2) is 109 Å². The minimum absolute atomic E-state index is 0.103. The number of fused-ring (bicyclic) bond motifs is 1. The third-order valence-corrected chi connectivity index (χ3v) is 6.62. The predicted octanol–water partition coefficient (Wildman–Crippen LogP) is 6.90. The van der Waals surface area contributed by atoms with Crippen molar-refractivity contribution in [3.63, 3.8) is 0 Å². The lowest BCUT2D eigenvalue weighted by atomic mass is 10.0. The van der Waals surface area contributed by atoms with Crippen molar-refractivity contribution < 1.29 is 4.79 Å². The van der Waals surface area contributed by atoms with E-state index in [-0.39, 0.29) is 5.78 Å². The number of H-pyrrole nitrogens is 1. The van der Waals surface area contributed by atoms with Crippen LogP contribution in [-0.4, -0.2) is 25.5 Å². The summed E-state index contributed by atoms with van der Waals surface area (Å²) < 4.78 is 1.85. The SMILES string of the molecule is O=C(C(=Cc1cn(-c2ccccc2)nc1-c1cccs1)c1nc2ccccc2[nH]1)c1ccccc1. The fraction of sp³-hybridized carbons (Fsp3) is 0. The van der Waals surface area contributed by atoms with Crippen molar-refractivity contribution >= 4 is 39.8 Å². The van der Waals surface area contributed by atoms with Crippen LogP contribution in [0, 0.1) is 0 Å². The number of imidazole rings is 1. The van der Waals surface area contributed by atoms with Crippen LogP contribution in [-0.2, 0) is 0 Å². The van der Waals surface area contributed by atoms with Crippen LogP contribution in [0.1, 0.15) is 21.7 Å². The number of nitrogens with zero attached hydrogens (tertiary/aromatic N) is 3. The maximum Gasteiger partial charge on any atom is 0.196 e. The summed E-state index contributed by atoms with van der Waals surface area (Å²) in [4.78, 5) is 22.9. The molecule has 0 radical (unpaired) electrons. The van der Waals surface area contributed by atoms with Crippen molar-refractivity contribution in [3.05, 3.63) is 126 Å². The van der Waals surface area contributed by atoms with Gasteiger partial charge in [-0.15, -0.1) is 11.3 Å². The van der Waals surface area contributed by atoms with E-state index in [9.17, 15) is 4.79 Å². The second-order valence-electron chi connectivity index (χ2n) is 8.05. The van der Waals surface area contributed by atoms with Gasteiger partial charge in [0.05, 0.1) is 27.2 Å². The van der Waals surface area contributed by atoms with Gasteiger partial charge in [-0.1, -0.05) is 66.7 Å². The van der Waals surface area contributed by atoms with Crippen LogP contribution in [0.4, 0.5) is 0 Å². The molecular weight excluding hydrogens is 452 g/mol. The minimum Gasteiger partial charge on any atom is -0.338 e. The normalized spacial score (nSPS) is 11.7. The first-order valence-corrected chi connectivity index (χ1v) is 12.1. The summed E-state index contributed by atoms with van der Waals surface area (Å²) in [6.07, 6.45) is 3.86. The van der Waals surface area contributed by atoms with Crippen molar-refractivity contribution in [3.8, 4) is 16.3 Å². The average Bonchev–Trinajstić information content (AvgIpc) is 3.67. The number of para-hydroxylation sites is 3. The third kappa shape index (κ3) is 4.11. The highest BCUT2D eigenvalue weighted by Crippen LogP contribution is 2.31. The Morgan fingerprint density at radius 1 is 0.857 bits per heavy atom. The standard InChI is InChI=1S/C29H20N4OS/c34-28(20-10-3-1-4-11-20)23(29-30-24-14-7-8-15-25(24)31-29)18-21-19-33(22-12-5-2-6-13-22)32-27(21)26-16-9-17-35-26/h1-19H,(H,30,31). The van der Waals surface area contributed by atoms with E-state index in [1.165, 1.54) is 0 Å². The number of hydrogen-bond acceptors (Lipinski definition) is 4. The molecule has 3 aromatic carbocycles. The van der Waals surface area contributed by atoms with Gasteiger partial charge >= 0.3 is 0 Å². The number of thiophene rings is 1. The van der Waals surface area contributed by atoms with Crippen molar-refractivity contribution in [2.45, 2.75) is 0 Å². The average molecular weight is 473 g/mol. The highest BCUT2D eigenvalue weighted by molar-refractivity contribution is 7.13. The fourth-order valence-corrected chi connectivity index (χ4v) is 4.76. The van der Waals surface area contributed by atoms with E-state index in [1.807, 2.05) is 119 Å². The Labute approximate surface area is 206 Å². The van der Waals surface area contributed by atoms with Crippen molar-refractivity contribution in [2.75, 3.05) is 0 Å². The number of carbonyl (C=O) groups is 1. The second-order valence-corrected chi connectivity index (χ2v) is 8.99. The lowest BCUT2D eigenvalue weighted by Crippen LogP contribution is -2.04. The summed E-state index contributed by atoms with van der Waals surface area (Å²) in [5.41, 5.74) is 5.39. The molecule has 0 unspecified atom stereocenters. The molecule has 3 aromatic heterocycles. The monoisotopic (exact) mass is 472 g/mol. The number of ketones is 1. The van der Waals surface area contributed by atoms with E-state index in [1.54, 1.807) is 11.3 Å². The maximum absolute atomic E-state index is 13.7. The molecule has 0 aliphatic rings. The second kappa shape index (κ2) is 9.00. The van der Waals surface area contributed by atoms with Gasteiger partial charge in [0, 0.05) is 17.3 Å². The molecule has 0 bridgehead atoms. The van der Waals surface area contributed by atoms with E-state index in [2.05, 4.69) is 4.98 Å². The zero-order chi connectivity index (χ0) is 23.6. The van der Waals surface area contributed by atoms with Crippen molar-refractivity contribution in [1.82, 2.24) is 19.7 Å². The first-order chi connectivity index (χ1) is 17.3. The molecule has 0 spiro atoms. The highest BCUT2D eigenvalue weighted by atomic mass is 32.1. The van der Waals surface area contributed by atoms with E-state index in [4.69, 9.17) is 10.1 Å². The minimum atomic E-state index is -0.103. The number of benzene rings is 3. The molecular formula is C29H20N4OS. The fourth-order valence-electron chi connectivity index (χ4n) is 4.03. The third-order valence-electron chi connectivity index (χ3n) is 5.74. The number of aromatic nitrogens is 4. The van der Waals surface area contributed by atoms with Gasteiger partial charge in [-0.2, -0.15) is 5.10 Å². The molecule has 168 valence electrons. The summed E-state index contributed by atoms with van der Waals surface area (Å²) >= 11 is 1.62. The van der Waals surface area contributed by atoms with Crippen molar-refractivity contribution in [2.24, 2.45) is 0 Å². The van der Waals surface area contributed by atoms with Gasteiger partial charge in [0.1, 0.15) is 11.5 Å². The largest absolute Gasteiger partial charge is 0.338 e. The lowest BCUT2D eigenvalue weighted by molar-refractivity contribution is 0.105. The Morgan fingerprint density at radius 3 is 2.34 bits per heavy atom. The Kier molecular flexibility index (Phi) is 5.41. The summed E-state index contributed by atoms with van der Waals surface area (Å²) in [5, 5.41) is 6.91. The van der Waals surface area contributed by atoms with Crippen LogP contribution < -0.4 is 0 Å². The summed E-state index contributed by atoms with van der Waals surface area (Å²) in [7, 11) is 0. The van der Waals surface area contributed by atoms with Gasteiger partial charge in [0.2, 0.25) is 0 Å². The van der Waals surface area contributed by atoms with Gasteiger partial charge in [0.15, 0.2) is 5.78 Å². The molecule has 5 nitrogen and oxygen atoms in total. The lowest BCUT2D eigenvalue weighted by Gasteiger charge is -2.05. The zero-order valence-corrected chi connectivity index (χ0v) is 19.4. The number of allylic oxidation sites excluding steroid dienone is 1. The molecule has 0 atom stereocenters. The summed E-state index contributed by atoms with van der Waals surface area (Å²) in [6.45, 7) is 0. The Hall–Kier alpha value is -4.55. The first kappa shape index (κ1) is 21.0. The Morgan fingerprint density at radius 2 is 1.60 bits per heavy atom. The zero-order valence-electron chi connectivity index (χ0n) is 18.6. The number of carbonyl (C=O) groups excluding carboxylic acids is 1. The molecule has 0 aliphatic heterocycles. The summed E-state index contributed by atoms with van der Waals surface area (Å²) in [6, 6.07) is 31.1. The Balaban J connectivity index is 1.56. The van der Waals surface area contributed by atoms with E-state index in [0.29, 0.717) is 17.0 Å². The topological polar surface area (TPSA) is 63.6 Å². The molecule has 3 heterocycles. The number of Topliss-reactive ketones (excluding diaryl/α,β-unsaturated/α-hetero) is 1. The van der Waals surface area contributed by atoms with Gasteiger partial charge in [-0.25, -0.2) is 9.67 Å². The molecule has 1 N–H and O–H groups in total. The number of hydrogen-bond donors (Lipinski definition) is 1. The molecule has 6 aromatic rings. The van der Waals surface area contributed by atoms with Gasteiger partial charge in [-0.05, 0) is 41.8 Å². The highest BCUT2D eigenvalue weighted by Gasteiger charge is 2.20. The van der Waals surface area contributed by atoms with Gasteiger partial charge in [0.25, 0.3) is 0 Å². The van der Waals surface area contributed by atoms with Crippen molar-refractivity contribution in [1.29, 1.82) is 0 Å². The molecule has 6 rings (SSSR count). The van der Waals surface area contributed by atoms with Gasteiger partial charge < -0.3 is 4.98 Å². The summed E-state index contributed by atoms with van der Waals surface area (Å²) in [5.74, 6) is 0.430. The predicted molar refractivity (Wildman–Crippen MR) is 142 cm³/mol. The number of aromatic amines is 1. The molecule has 0 amide bonds. The van der Waals surface area contributed by atoms with Crippen LogP contribution in [0.3, 0.4) is 0 Å². The van der Waals surface area contributed by atoms with E-state index in [0.717, 1.165) is 32.9 Å². The molecule has 0 saturated carbocycles. The van der Waals surface area contributed by atoms with Crippen LogP contribution in [0.2, 0.25) is 0 Å². The first-order valence-electron chi connectivity index (χ1n) is 11.2. The molecule has 0 fully saturated rings. The van der Waals surface area contributed by atoms with E-state index < -0.39 is 0 Å². The number of nitrogens with one attached hydrogen (secondary N) is 1. The van der Waals surface area contributed by atoms with Crippen LogP contribution in [0.25, 0.3) is 38.9 Å². The smallest absolute Gasteiger partial charge is 0.196 e. The molecule has 0 saturated heterocycles. The number of rotatable bonds is 6. The Bertz CT molecular complexity index is 1610. The molecule has 0 aliphatic carbocycles. The van der Waals surface area contributed by atoms with E-state index >= 15 is 0 Å². The van der Waals surface area contributed by atoms with Crippen LogP contribution in [0.5, 0.6) is 0 Å². The van der Waals surface area contributed by atoms with Gasteiger partial charge in [-0.3, -0.25) is 4.79 Å². The maximum atomic E-state index is 13.7. The van der Waals surface area contributed by atoms with Crippen LogP contribution >= 0.6 is 11.3 Å². The molecule has 6 heteroatoms. The quantitative estimate of drug-likeness (QED) is 0.212. The molecule has 35 heavy (non-hydrogen) atoms.